The summed E-state index contributed by atoms with van der Waals surface area (Å²) < 4.78 is 1.68. The number of para-hydroxylation sites is 1. The summed E-state index contributed by atoms with van der Waals surface area (Å²) in [6.07, 6.45) is 4.81. The Morgan fingerprint density at radius 3 is 2.77 bits per heavy atom. The van der Waals surface area contributed by atoms with Gasteiger partial charge in [0.1, 0.15) is 10.6 Å². The SMILES string of the molecule is CCC(=O)CSc1nc2sc3c(c2c(=O)n1-c1ccccc1)CCCC3. The number of rotatable bonds is 5. The molecule has 4 nitrogen and oxygen atoms in total. The largest absolute Gasteiger partial charge is 0.299 e. The van der Waals surface area contributed by atoms with Gasteiger partial charge in [-0.1, -0.05) is 36.9 Å². The molecule has 0 radical (unpaired) electrons. The molecule has 2 heterocycles. The molecular formula is C20H20N2O2S2. The number of thiophene rings is 1. The van der Waals surface area contributed by atoms with E-state index in [1.54, 1.807) is 15.9 Å². The number of benzene rings is 1. The zero-order chi connectivity index (χ0) is 18.1. The molecule has 0 fully saturated rings. The summed E-state index contributed by atoms with van der Waals surface area (Å²) in [6, 6.07) is 9.60. The number of fused-ring (bicyclic) bond motifs is 3. The third kappa shape index (κ3) is 3.12. The molecule has 3 aromatic rings. The van der Waals surface area contributed by atoms with Crippen molar-refractivity contribution in [3.63, 3.8) is 0 Å². The maximum Gasteiger partial charge on any atom is 0.267 e. The first-order valence-electron chi connectivity index (χ1n) is 8.96. The zero-order valence-corrected chi connectivity index (χ0v) is 16.3. The Bertz CT molecular complexity index is 1020. The monoisotopic (exact) mass is 384 g/mol. The first-order valence-corrected chi connectivity index (χ1v) is 10.8. The minimum atomic E-state index is -0.00736. The lowest BCUT2D eigenvalue weighted by atomic mass is 9.97. The highest BCUT2D eigenvalue weighted by molar-refractivity contribution is 7.99. The van der Waals surface area contributed by atoms with Crippen LogP contribution < -0.4 is 5.56 Å². The number of hydrogen-bond acceptors (Lipinski definition) is 5. The third-order valence-electron chi connectivity index (χ3n) is 4.73. The van der Waals surface area contributed by atoms with E-state index < -0.39 is 0 Å². The van der Waals surface area contributed by atoms with Crippen LogP contribution in [0.4, 0.5) is 0 Å². The second-order valence-corrected chi connectivity index (χ2v) is 8.47. The highest BCUT2D eigenvalue weighted by atomic mass is 32.2. The van der Waals surface area contributed by atoms with Gasteiger partial charge >= 0.3 is 0 Å². The van der Waals surface area contributed by atoms with Gasteiger partial charge in [-0.15, -0.1) is 11.3 Å². The highest BCUT2D eigenvalue weighted by Crippen LogP contribution is 2.35. The van der Waals surface area contributed by atoms with E-state index >= 15 is 0 Å². The summed E-state index contributed by atoms with van der Waals surface area (Å²) in [7, 11) is 0. The fraction of sp³-hybridized carbons (Fsp3) is 0.350. The Kier molecular flexibility index (Phi) is 4.96. The van der Waals surface area contributed by atoms with Gasteiger partial charge in [0.2, 0.25) is 0 Å². The fourth-order valence-corrected chi connectivity index (χ4v) is 5.61. The molecule has 2 aromatic heterocycles. The molecule has 0 saturated heterocycles. The van der Waals surface area contributed by atoms with Gasteiger partial charge in [0, 0.05) is 11.3 Å². The number of nitrogens with zero attached hydrogens (tertiary/aromatic N) is 2. The van der Waals surface area contributed by atoms with Crippen LogP contribution in [-0.2, 0) is 17.6 Å². The molecule has 1 aromatic carbocycles. The van der Waals surface area contributed by atoms with Crippen molar-refractivity contribution in [1.82, 2.24) is 9.55 Å². The second-order valence-electron chi connectivity index (χ2n) is 6.44. The van der Waals surface area contributed by atoms with Crippen LogP contribution in [0.25, 0.3) is 15.9 Å². The van der Waals surface area contributed by atoms with Crippen LogP contribution in [0, 0.1) is 0 Å². The van der Waals surface area contributed by atoms with Crippen LogP contribution >= 0.6 is 23.1 Å². The molecular weight excluding hydrogens is 364 g/mol. The average molecular weight is 385 g/mol. The van der Waals surface area contributed by atoms with E-state index in [9.17, 15) is 9.59 Å². The number of carbonyl (C=O) groups excluding carboxylic acids is 1. The predicted octanol–water partition coefficient (Wildman–Crippen LogP) is 4.40. The fourth-order valence-electron chi connectivity index (χ4n) is 3.34. The molecule has 0 amide bonds. The molecule has 4 rings (SSSR count). The van der Waals surface area contributed by atoms with Crippen molar-refractivity contribution < 1.29 is 4.79 Å². The van der Waals surface area contributed by atoms with Gasteiger partial charge in [0.15, 0.2) is 5.16 Å². The van der Waals surface area contributed by atoms with Crippen LogP contribution in [0.1, 0.15) is 36.6 Å². The van der Waals surface area contributed by atoms with Crippen LogP contribution in [0.3, 0.4) is 0 Å². The van der Waals surface area contributed by atoms with Crippen molar-refractivity contribution in [1.29, 1.82) is 0 Å². The van der Waals surface area contributed by atoms with Gasteiger partial charge in [-0.05, 0) is 43.4 Å². The molecule has 6 heteroatoms. The van der Waals surface area contributed by atoms with Crippen molar-refractivity contribution in [2.75, 3.05) is 5.75 Å². The normalized spacial score (nSPS) is 13.7. The zero-order valence-electron chi connectivity index (χ0n) is 14.7. The highest BCUT2D eigenvalue weighted by Gasteiger charge is 2.23. The summed E-state index contributed by atoms with van der Waals surface area (Å²) in [5.41, 5.74) is 1.99. The molecule has 1 aliphatic rings. The molecule has 0 atom stereocenters. The van der Waals surface area contributed by atoms with Gasteiger partial charge in [-0.2, -0.15) is 0 Å². The molecule has 134 valence electrons. The molecule has 0 spiro atoms. The number of Topliss-reactive ketones (excluding diaryl/α,β-unsaturated/α-hetero) is 1. The van der Waals surface area contributed by atoms with Gasteiger partial charge < -0.3 is 0 Å². The van der Waals surface area contributed by atoms with E-state index in [1.807, 2.05) is 37.3 Å². The average Bonchev–Trinajstić information content (AvgIpc) is 3.05. The van der Waals surface area contributed by atoms with E-state index in [2.05, 4.69) is 0 Å². The first-order chi connectivity index (χ1) is 12.7. The molecule has 0 N–H and O–H groups in total. The van der Waals surface area contributed by atoms with E-state index in [0.29, 0.717) is 17.3 Å². The van der Waals surface area contributed by atoms with Gasteiger partial charge in [0.05, 0.1) is 16.8 Å². The lowest BCUT2D eigenvalue weighted by Crippen LogP contribution is -2.22. The standard InChI is InChI=1S/C20H20N2O2S2/c1-2-14(23)12-25-20-21-18-17(15-10-6-7-11-16(15)26-18)19(24)22(20)13-8-4-3-5-9-13/h3-5,8-9H,2,6-7,10-12H2,1H3. The maximum atomic E-state index is 13.4. The van der Waals surface area contributed by atoms with E-state index in [0.717, 1.165) is 35.2 Å². The van der Waals surface area contributed by atoms with Gasteiger partial charge in [-0.3, -0.25) is 14.2 Å². The Morgan fingerprint density at radius 2 is 2.00 bits per heavy atom. The van der Waals surface area contributed by atoms with Crippen molar-refractivity contribution in [2.45, 2.75) is 44.2 Å². The smallest absolute Gasteiger partial charge is 0.267 e. The number of aryl methyl sites for hydroxylation is 2. The third-order valence-corrected chi connectivity index (χ3v) is 6.91. The Hall–Kier alpha value is -1.92. The van der Waals surface area contributed by atoms with Crippen LogP contribution in [0.15, 0.2) is 40.3 Å². The summed E-state index contributed by atoms with van der Waals surface area (Å²) in [5.74, 6) is 0.501. The van der Waals surface area contributed by atoms with E-state index in [-0.39, 0.29) is 11.3 Å². The molecule has 0 unspecified atom stereocenters. The van der Waals surface area contributed by atoms with Gasteiger partial charge in [0.25, 0.3) is 5.56 Å². The molecule has 0 aliphatic heterocycles. The molecule has 26 heavy (non-hydrogen) atoms. The quantitative estimate of drug-likeness (QED) is 0.483. The Balaban J connectivity index is 1.93. The van der Waals surface area contributed by atoms with Gasteiger partial charge in [-0.25, -0.2) is 4.98 Å². The number of aromatic nitrogens is 2. The lowest BCUT2D eigenvalue weighted by molar-refractivity contribution is -0.116. The minimum absolute atomic E-state index is 0.00736. The van der Waals surface area contributed by atoms with Crippen LogP contribution in [0.5, 0.6) is 0 Å². The van der Waals surface area contributed by atoms with Crippen LogP contribution in [-0.4, -0.2) is 21.1 Å². The van der Waals surface area contributed by atoms with Crippen LogP contribution in [0.2, 0.25) is 0 Å². The number of hydrogen-bond donors (Lipinski definition) is 0. The van der Waals surface area contributed by atoms with Crippen molar-refractivity contribution >= 4 is 39.1 Å². The maximum absolute atomic E-state index is 13.4. The van der Waals surface area contributed by atoms with Crippen molar-refractivity contribution in [3.05, 3.63) is 51.1 Å². The molecule has 0 saturated carbocycles. The summed E-state index contributed by atoms with van der Waals surface area (Å²) >= 11 is 3.01. The number of thioether (sulfide) groups is 1. The van der Waals surface area contributed by atoms with Crippen molar-refractivity contribution in [2.24, 2.45) is 0 Å². The topological polar surface area (TPSA) is 52.0 Å². The number of ketones is 1. The molecule has 0 bridgehead atoms. The van der Waals surface area contributed by atoms with Crippen molar-refractivity contribution in [3.8, 4) is 5.69 Å². The Labute approximate surface area is 160 Å². The molecule has 1 aliphatic carbocycles. The van der Waals surface area contributed by atoms with E-state index in [4.69, 9.17) is 4.98 Å². The minimum Gasteiger partial charge on any atom is -0.299 e. The predicted molar refractivity (Wildman–Crippen MR) is 108 cm³/mol. The lowest BCUT2D eigenvalue weighted by Gasteiger charge is -2.13. The Morgan fingerprint density at radius 1 is 1.23 bits per heavy atom. The second kappa shape index (κ2) is 7.37. The number of carbonyl (C=O) groups is 1. The van der Waals surface area contributed by atoms with E-state index in [1.165, 1.54) is 28.6 Å². The summed E-state index contributed by atoms with van der Waals surface area (Å²) in [5, 5.41) is 1.38. The summed E-state index contributed by atoms with van der Waals surface area (Å²) in [6.45, 7) is 1.86. The first kappa shape index (κ1) is 17.5. The summed E-state index contributed by atoms with van der Waals surface area (Å²) in [4.78, 5) is 32.2.